The molecule has 1 N–H and O–H groups in total. The molecular weight excluding hydrogens is 278 g/mol. The molecular formula is C9H6BrN3O3. The highest BCUT2D eigenvalue weighted by Crippen LogP contribution is 2.20. The van der Waals surface area contributed by atoms with Gasteiger partial charge in [0.25, 0.3) is 5.91 Å². The van der Waals surface area contributed by atoms with Gasteiger partial charge in [0.15, 0.2) is 11.7 Å². The van der Waals surface area contributed by atoms with Crippen molar-refractivity contribution in [3.05, 3.63) is 22.8 Å². The van der Waals surface area contributed by atoms with Gasteiger partial charge in [0.2, 0.25) is 0 Å². The molecule has 0 spiro atoms. The van der Waals surface area contributed by atoms with Crippen molar-refractivity contribution in [2.24, 2.45) is 11.0 Å². The SMILES string of the molecule is O=C(O)C1C=NN(c2ccc(Br)cn2)C1=O. The molecule has 0 radical (unpaired) electrons. The molecule has 82 valence electrons. The third-order valence-corrected chi connectivity index (χ3v) is 2.47. The number of aliphatic carboxylic acids is 1. The number of amides is 1. The number of hydrazone groups is 1. The minimum absolute atomic E-state index is 0.299. The number of carboxylic acids is 1. The molecule has 1 aromatic rings. The van der Waals surface area contributed by atoms with E-state index in [1.165, 1.54) is 6.20 Å². The Kier molecular flexibility index (Phi) is 2.69. The summed E-state index contributed by atoms with van der Waals surface area (Å²) in [6.45, 7) is 0. The first-order chi connectivity index (χ1) is 7.59. The number of nitrogens with zero attached hydrogens (tertiary/aromatic N) is 3. The van der Waals surface area contributed by atoms with Crippen molar-refractivity contribution in [2.75, 3.05) is 5.01 Å². The molecule has 0 saturated carbocycles. The Hall–Kier alpha value is -1.76. The smallest absolute Gasteiger partial charge is 0.321 e. The Morgan fingerprint density at radius 2 is 2.25 bits per heavy atom. The summed E-state index contributed by atoms with van der Waals surface area (Å²) in [4.78, 5) is 26.2. The van der Waals surface area contributed by atoms with Crippen LogP contribution in [0.15, 0.2) is 27.9 Å². The fourth-order valence-corrected chi connectivity index (χ4v) is 1.46. The first-order valence-corrected chi connectivity index (χ1v) is 5.11. The molecule has 2 heterocycles. The Morgan fingerprint density at radius 3 is 2.75 bits per heavy atom. The number of pyridine rings is 1. The number of carboxylic acid groups (broad SMARTS) is 1. The zero-order valence-electron chi connectivity index (χ0n) is 7.87. The van der Waals surface area contributed by atoms with Crippen LogP contribution in [0.2, 0.25) is 0 Å². The topological polar surface area (TPSA) is 82.9 Å². The lowest BCUT2D eigenvalue weighted by molar-refractivity contribution is -0.142. The Bertz CT molecular complexity index is 471. The van der Waals surface area contributed by atoms with Crippen molar-refractivity contribution in [3.63, 3.8) is 0 Å². The Labute approximate surface area is 98.7 Å². The molecule has 1 aliphatic heterocycles. The molecule has 2 rings (SSSR count). The molecule has 0 bridgehead atoms. The van der Waals surface area contributed by atoms with E-state index in [1.807, 2.05) is 0 Å². The fourth-order valence-electron chi connectivity index (χ4n) is 1.22. The van der Waals surface area contributed by atoms with Gasteiger partial charge in [0.1, 0.15) is 0 Å². The van der Waals surface area contributed by atoms with Crippen molar-refractivity contribution >= 4 is 39.8 Å². The predicted octanol–water partition coefficient (Wildman–Crippen LogP) is 0.877. The first-order valence-electron chi connectivity index (χ1n) is 4.32. The van der Waals surface area contributed by atoms with Crippen LogP contribution in [-0.4, -0.2) is 28.2 Å². The highest BCUT2D eigenvalue weighted by atomic mass is 79.9. The van der Waals surface area contributed by atoms with Crippen LogP contribution >= 0.6 is 15.9 Å². The number of anilines is 1. The molecule has 0 fully saturated rings. The van der Waals surface area contributed by atoms with Crippen molar-refractivity contribution in [1.29, 1.82) is 0 Å². The summed E-state index contributed by atoms with van der Waals surface area (Å²) in [5.41, 5.74) is 0. The number of aromatic nitrogens is 1. The van der Waals surface area contributed by atoms with Gasteiger partial charge in [-0.05, 0) is 28.1 Å². The maximum absolute atomic E-state index is 11.6. The summed E-state index contributed by atoms with van der Waals surface area (Å²) in [7, 11) is 0. The minimum atomic E-state index is -1.22. The largest absolute Gasteiger partial charge is 0.480 e. The van der Waals surface area contributed by atoms with Crippen LogP contribution < -0.4 is 5.01 Å². The van der Waals surface area contributed by atoms with Gasteiger partial charge in [-0.25, -0.2) is 4.98 Å². The number of carbonyl (C=O) groups excluding carboxylic acids is 1. The molecule has 1 amide bonds. The fraction of sp³-hybridized carbons (Fsp3) is 0.111. The normalized spacial score (nSPS) is 19.2. The Balaban J connectivity index is 2.25. The average Bonchev–Trinajstić information content (AvgIpc) is 2.61. The van der Waals surface area contributed by atoms with E-state index in [2.05, 4.69) is 26.0 Å². The van der Waals surface area contributed by atoms with Crippen LogP contribution in [0.25, 0.3) is 0 Å². The van der Waals surface area contributed by atoms with Gasteiger partial charge in [-0.3, -0.25) is 9.59 Å². The van der Waals surface area contributed by atoms with Gasteiger partial charge < -0.3 is 5.11 Å². The maximum atomic E-state index is 11.6. The summed E-state index contributed by atoms with van der Waals surface area (Å²) in [6.07, 6.45) is 2.60. The summed E-state index contributed by atoms with van der Waals surface area (Å²) in [5.74, 6) is -2.74. The van der Waals surface area contributed by atoms with E-state index < -0.39 is 17.8 Å². The molecule has 16 heavy (non-hydrogen) atoms. The lowest BCUT2D eigenvalue weighted by Crippen LogP contribution is -2.31. The first kappa shape index (κ1) is 10.7. The molecule has 6 nitrogen and oxygen atoms in total. The second-order valence-corrected chi connectivity index (χ2v) is 3.98. The molecule has 1 unspecified atom stereocenters. The van der Waals surface area contributed by atoms with E-state index in [4.69, 9.17) is 5.11 Å². The third kappa shape index (κ3) is 1.81. The molecule has 1 aromatic heterocycles. The monoisotopic (exact) mass is 283 g/mol. The van der Waals surface area contributed by atoms with E-state index in [1.54, 1.807) is 12.1 Å². The van der Waals surface area contributed by atoms with E-state index >= 15 is 0 Å². The molecule has 1 aliphatic rings. The second kappa shape index (κ2) is 4.01. The van der Waals surface area contributed by atoms with Gasteiger partial charge in [-0.2, -0.15) is 10.1 Å². The summed E-state index contributed by atoms with van der Waals surface area (Å²) < 4.78 is 0.765. The number of hydrogen-bond acceptors (Lipinski definition) is 4. The molecule has 0 aromatic carbocycles. The molecule has 1 atom stereocenters. The number of rotatable bonds is 2. The standard InChI is InChI=1S/C9H6BrN3O3/c10-5-1-2-7(11-3-5)13-8(14)6(4-12-13)9(15)16/h1-4,6H,(H,15,16). The van der Waals surface area contributed by atoms with Crippen molar-refractivity contribution < 1.29 is 14.7 Å². The summed E-state index contributed by atoms with van der Waals surface area (Å²) in [5, 5.41) is 13.4. The van der Waals surface area contributed by atoms with Gasteiger partial charge >= 0.3 is 5.97 Å². The van der Waals surface area contributed by atoms with Crippen LogP contribution in [0.3, 0.4) is 0 Å². The maximum Gasteiger partial charge on any atom is 0.321 e. The van der Waals surface area contributed by atoms with Crippen LogP contribution in [0, 0.1) is 5.92 Å². The second-order valence-electron chi connectivity index (χ2n) is 3.07. The van der Waals surface area contributed by atoms with Gasteiger partial charge in [0, 0.05) is 16.9 Å². The van der Waals surface area contributed by atoms with E-state index in [-0.39, 0.29) is 0 Å². The lowest BCUT2D eigenvalue weighted by atomic mass is 10.2. The highest BCUT2D eigenvalue weighted by molar-refractivity contribution is 9.10. The van der Waals surface area contributed by atoms with E-state index in [9.17, 15) is 9.59 Å². The van der Waals surface area contributed by atoms with Crippen molar-refractivity contribution in [3.8, 4) is 0 Å². The van der Waals surface area contributed by atoms with Crippen LogP contribution in [0.4, 0.5) is 5.82 Å². The number of halogens is 1. The van der Waals surface area contributed by atoms with Gasteiger partial charge in [-0.1, -0.05) is 0 Å². The van der Waals surface area contributed by atoms with Crippen molar-refractivity contribution in [1.82, 2.24) is 4.98 Å². The number of hydrogen-bond donors (Lipinski definition) is 1. The van der Waals surface area contributed by atoms with Crippen LogP contribution in [-0.2, 0) is 9.59 Å². The lowest BCUT2D eigenvalue weighted by Gasteiger charge is -2.11. The number of carbonyl (C=O) groups is 2. The average molecular weight is 284 g/mol. The predicted molar refractivity (Wildman–Crippen MR) is 59.0 cm³/mol. The Morgan fingerprint density at radius 1 is 1.50 bits per heavy atom. The minimum Gasteiger partial charge on any atom is -0.480 e. The van der Waals surface area contributed by atoms with Crippen LogP contribution in [0.5, 0.6) is 0 Å². The highest BCUT2D eigenvalue weighted by Gasteiger charge is 2.35. The van der Waals surface area contributed by atoms with Gasteiger partial charge in [-0.15, -0.1) is 0 Å². The van der Waals surface area contributed by atoms with E-state index in [0.717, 1.165) is 15.7 Å². The summed E-state index contributed by atoms with van der Waals surface area (Å²) >= 11 is 3.21. The molecule has 0 saturated heterocycles. The molecule has 7 heteroatoms. The molecule has 0 aliphatic carbocycles. The van der Waals surface area contributed by atoms with E-state index in [0.29, 0.717) is 5.82 Å². The summed E-state index contributed by atoms with van der Waals surface area (Å²) in [6, 6.07) is 3.27. The third-order valence-electron chi connectivity index (χ3n) is 2.00. The quantitative estimate of drug-likeness (QED) is 0.817. The zero-order chi connectivity index (χ0) is 11.7. The van der Waals surface area contributed by atoms with Crippen LogP contribution in [0.1, 0.15) is 0 Å². The zero-order valence-corrected chi connectivity index (χ0v) is 9.46. The van der Waals surface area contributed by atoms with Crippen molar-refractivity contribution in [2.45, 2.75) is 0 Å². The van der Waals surface area contributed by atoms with Gasteiger partial charge in [0.05, 0.1) is 0 Å².